The minimum absolute atomic E-state index is 0.0442. The van der Waals surface area contributed by atoms with Crippen molar-refractivity contribution in [3.05, 3.63) is 0 Å². The standard InChI is InChI=1S/C62H118O16S/c1-7-9-11-13-15-17-19-21-22-23-24-25-26-27-29-30-32-34-36-38-40-47(3)42-48(4)43-49(5)44-50(6)60(69)76-57-55(67)52(46-64)74-62(77-61-58(78-79(70,71)72)56(68)54(66)51(45-63)73-61)59(57)75-53(65)41-39-37-35-33-31-28-20-18-16-14-12-10-8-2/h47-52,54-59,61-64,66-68H,7-46H2,1-6H3,(H,70,71,72)/t47-,48-,49-,50-,51+,52+,54+,55+,56-,57-,58+,59+,61+,62+/m0/s1. The van der Waals surface area contributed by atoms with Gasteiger partial charge in [-0.2, -0.15) is 8.42 Å². The van der Waals surface area contributed by atoms with Gasteiger partial charge in [0.1, 0.15) is 30.5 Å². The number of carbonyl (C=O) groups excluding carboxylic acids is 2. The van der Waals surface area contributed by atoms with Crippen LogP contribution in [0.15, 0.2) is 0 Å². The Balaban J connectivity index is 1.91. The third-order valence-corrected chi connectivity index (χ3v) is 16.9. The molecule has 14 atom stereocenters. The lowest BCUT2D eigenvalue weighted by Gasteiger charge is -2.46. The number of esters is 2. The Morgan fingerprint density at radius 3 is 1.24 bits per heavy atom. The van der Waals surface area contributed by atoms with Gasteiger partial charge in [0.15, 0.2) is 24.6 Å². The van der Waals surface area contributed by atoms with E-state index in [2.05, 4.69) is 38.8 Å². The number of aliphatic hydroxyl groups is 5. The number of unbranched alkanes of at least 4 members (excludes halogenated alkanes) is 31. The van der Waals surface area contributed by atoms with Crippen molar-refractivity contribution in [2.75, 3.05) is 13.2 Å². The van der Waals surface area contributed by atoms with Gasteiger partial charge in [-0.15, -0.1) is 0 Å². The maximum Gasteiger partial charge on any atom is 0.397 e. The molecule has 2 rings (SSSR count). The summed E-state index contributed by atoms with van der Waals surface area (Å²) in [5, 5.41) is 53.1. The third kappa shape index (κ3) is 33.5. The van der Waals surface area contributed by atoms with E-state index in [1.54, 1.807) is 6.92 Å². The van der Waals surface area contributed by atoms with E-state index in [0.717, 1.165) is 38.5 Å². The van der Waals surface area contributed by atoms with Gasteiger partial charge in [-0.05, 0) is 43.4 Å². The zero-order valence-electron chi connectivity index (χ0n) is 50.5. The van der Waals surface area contributed by atoms with E-state index in [1.165, 1.54) is 186 Å². The fraction of sp³-hybridized carbons (Fsp3) is 0.968. The lowest BCUT2D eigenvalue weighted by molar-refractivity contribution is -0.374. The fourth-order valence-electron chi connectivity index (χ4n) is 11.8. The smallest absolute Gasteiger partial charge is 0.397 e. The molecule has 2 heterocycles. The van der Waals surface area contributed by atoms with E-state index in [1.807, 2.05) is 0 Å². The Labute approximate surface area is 480 Å². The van der Waals surface area contributed by atoms with Crippen molar-refractivity contribution >= 4 is 22.3 Å². The van der Waals surface area contributed by atoms with Crippen LogP contribution in [0.5, 0.6) is 0 Å². The largest absolute Gasteiger partial charge is 0.455 e. The van der Waals surface area contributed by atoms with Gasteiger partial charge >= 0.3 is 22.3 Å². The Bertz CT molecular complexity index is 1610. The van der Waals surface area contributed by atoms with Crippen molar-refractivity contribution in [1.29, 1.82) is 0 Å². The molecule has 0 bridgehead atoms. The number of carbonyl (C=O) groups is 2. The second-order valence-corrected chi connectivity index (χ2v) is 25.4. The first-order chi connectivity index (χ1) is 38.0. The Hall–Kier alpha value is -1.51. The second-order valence-electron chi connectivity index (χ2n) is 24.3. The number of rotatable bonds is 50. The zero-order valence-corrected chi connectivity index (χ0v) is 51.4. The van der Waals surface area contributed by atoms with Crippen LogP contribution in [0.1, 0.15) is 286 Å². The van der Waals surface area contributed by atoms with Crippen molar-refractivity contribution in [2.24, 2.45) is 23.7 Å². The fourth-order valence-corrected chi connectivity index (χ4v) is 12.3. The van der Waals surface area contributed by atoms with Crippen LogP contribution in [0.3, 0.4) is 0 Å². The van der Waals surface area contributed by atoms with E-state index >= 15 is 0 Å². The summed E-state index contributed by atoms with van der Waals surface area (Å²) in [4.78, 5) is 27.5. The van der Waals surface area contributed by atoms with Gasteiger partial charge in [0, 0.05) is 6.42 Å². The molecule has 2 saturated heterocycles. The first-order valence-corrected chi connectivity index (χ1v) is 33.6. The van der Waals surface area contributed by atoms with E-state index in [0.29, 0.717) is 24.7 Å². The number of ether oxygens (including phenoxy) is 5. The highest BCUT2D eigenvalue weighted by molar-refractivity contribution is 7.80. The predicted octanol–water partition coefficient (Wildman–Crippen LogP) is 12.9. The minimum Gasteiger partial charge on any atom is -0.455 e. The van der Waals surface area contributed by atoms with E-state index in [-0.39, 0.29) is 12.3 Å². The number of hydrogen-bond acceptors (Lipinski definition) is 15. The Kier molecular flexibility index (Phi) is 41.9. The zero-order chi connectivity index (χ0) is 58.3. The summed E-state index contributed by atoms with van der Waals surface area (Å²) >= 11 is 0. The molecule has 0 spiro atoms. The summed E-state index contributed by atoms with van der Waals surface area (Å²) < 4.78 is 67.2. The number of hydrogen-bond donors (Lipinski definition) is 6. The lowest BCUT2D eigenvalue weighted by atomic mass is 9.84. The summed E-state index contributed by atoms with van der Waals surface area (Å²) in [6.45, 7) is 11.2. The molecule has 16 nitrogen and oxygen atoms in total. The van der Waals surface area contributed by atoms with Gasteiger partial charge in [-0.1, -0.05) is 253 Å². The Morgan fingerprint density at radius 2 is 0.823 bits per heavy atom. The minimum atomic E-state index is -5.31. The quantitative estimate of drug-likeness (QED) is 0.0188. The van der Waals surface area contributed by atoms with Gasteiger partial charge in [0.05, 0.1) is 19.1 Å². The molecule has 468 valence electrons. The van der Waals surface area contributed by atoms with Crippen LogP contribution < -0.4 is 0 Å². The molecule has 2 fully saturated rings. The molecule has 0 saturated carbocycles. The van der Waals surface area contributed by atoms with Crippen LogP contribution >= 0.6 is 0 Å². The summed E-state index contributed by atoms with van der Waals surface area (Å²) in [6, 6.07) is 0. The second kappa shape index (κ2) is 44.9. The molecule has 79 heavy (non-hydrogen) atoms. The van der Waals surface area contributed by atoms with Crippen LogP contribution in [0.25, 0.3) is 0 Å². The molecule has 2 aliphatic rings. The molecule has 6 N–H and O–H groups in total. The highest BCUT2D eigenvalue weighted by Crippen LogP contribution is 2.34. The molecule has 0 amide bonds. The first-order valence-electron chi connectivity index (χ1n) is 32.2. The summed E-state index contributed by atoms with van der Waals surface area (Å²) in [7, 11) is -5.31. The molecule has 0 aromatic heterocycles. The summed E-state index contributed by atoms with van der Waals surface area (Å²) in [5.41, 5.74) is 0. The average molecular weight is 1150 g/mol. The highest BCUT2D eigenvalue weighted by atomic mass is 32.3. The SMILES string of the molecule is CCCCCCCCCCCCCCCCCCCCCC[C@H](C)C[C@H](C)C[C@H](C)C[C@H](C)C(=O)O[C@H]1[C@H](O)[C@@H](CO)O[C@H](O[C@H]2O[C@H](CO)[C@@H](O)[C@H](O)[C@H]2OS(=O)(=O)O)[C@@H]1OC(=O)CCCCCCCCCCCCCCC. The van der Waals surface area contributed by atoms with Gasteiger partial charge in [0.2, 0.25) is 6.29 Å². The maximum atomic E-state index is 14.0. The van der Waals surface area contributed by atoms with Crippen LogP contribution in [-0.4, -0.2) is 125 Å². The van der Waals surface area contributed by atoms with E-state index < -0.39 is 103 Å². The molecule has 0 unspecified atom stereocenters. The van der Waals surface area contributed by atoms with Crippen molar-refractivity contribution in [1.82, 2.24) is 0 Å². The molecule has 0 radical (unpaired) electrons. The summed E-state index contributed by atoms with van der Waals surface area (Å²) in [5.74, 6) is -0.941. The molecular formula is C62H118O16S. The van der Waals surface area contributed by atoms with Gasteiger partial charge in [-0.25, -0.2) is 4.18 Å². The van der Waals surface area contributed by atoms with Gasteiger partial charge < -0.3 is 49.2 Å². The maximum absolute atomic E-state index is 14.0. The van der Waals surface area contributed by atoms with Crippen LogP contribution in [-0.2, 0) is 47.9 Å². The highest BCUT2D eigenvalue weighted by Gasteiger charge is 2.54. The first kappa shape index (κ1) is 73.6. The van der Waals surface area contributed by atoms with Crippen molar-refractivity contribution in [3.8, 4) is 0 Å². The van der Waals surface area contributed by atoms with Crippen LogP contribution in [0.2, 0.25) is 0 Å². The van der Waals surface area contributed by atoms with E-state index in [9.17, 15) is 48.1 Å². The summed E-state index contributed by atoms with van der Waals surface area (Å²) in [6.07, 6.45) is 27.1. The van der Waals surface area contributed by atoms with Crippen LogP contribution in [0, 0.1) is 23.7 Å². The normalized spacial score (nSPS) is 25.2. The lowest BCUT2D eigenvalue weighted by Crippen LogP contribution is -2.65. The van der Waals surface area contributed by atoms with Crippen molar-refractivity contribution in [3.63, 3.8) is 0 Å². The molecule has 0 aromatic rings. The van der Waals surface area contributed by atoms with E-state index in [4.69, 9.17) is 23.7 Å². The molecular weight excluding hydrogens is 1030 g/mol. The molecule has 2 aliphatic heterocycles. The van der Waals surface area contributed by atoms with Crippen LogP contribution in [0.4, 0.5) is 0 Å². The third-order valence-electron chi connectivity index (χ3n) is 16.4. The molecule has 17 heteroatoms. The Morgan fingerprint density at radius 1 is 0.456 bits per heavy atom. The number of aliphatic hydroxyl groups excluding tert-OH is 5. The van der Waals surface area contributed by atoms with Gasteiger partial charge in [0.25, 0.3) is 0 Å². The van der Waals surface area contributed by atoms with Crippen molar-refractivity contribution < 1.29 is 76.0 Å². The topological polar surface area (TPSA) is 245 Å². The van der Waals surface area contributed by atoms with Crippen molar-refractivity contribution in [2.45, 2.75) is 347 Å². The molecule has 0 aliphatic carbocycles. The van der Waals surface area contributed by atoms with Gasteiger partial charge in [-0.3, -0.25) is 14.1 Å². The monoisotopic (exact) mass is 1150 g/mol. The average Bonchev–Trinajstić information content (AvgIpc) is 3.44. The molecule has 0 aromatic carbocycles. The predicted molar refractivity (Wildman–Crippen MR) is 310 cm³/mol.